The van der Waals surface area contributed by atoms with Gasteiger partial charge in [-0.05, 0) is 300 Å². The molecule has 4 atom stereocenters. The highest BCUT2D eigenvalue weighted by Crippen LogP contribution is 2.64. The van der Waals surface area contributed by atoms with Crippen LogP contribution in [-0.2, 0) is 12.8 Å². The molecule has 0 aromatic heterocycles. The lowest BCUT2D eigenvalue weighted by Crippen LogP contribution is -2.42. The van der Waals surface area contributed by atoms with E-state index in [1.54, 1.807) is 0 Å². The van der Waals surface area contributed by atoms with E-state index < -0.39 is 0 Å². The van der Waals surface area contributed by atoms with Crippen LogP contribution in [0.15, 0.2) is 170 Å². The van der Waals surface area contributed by atoms with Gasteiger partial charge >= 0.3 is 0 Å². The van der Waals surface area contributed by atoms with Gasteiger partial charge in [-0.25, -0.2) is 9.80 Å². The molecule has 6 nitrogen and oxygen atoms in total. The number of amides is 4. The molecule has 0 bridgehead atoms. The Bertz CT molecular complexity index is 6290. The zero-order chi connectivity index (χ0) is 71.5. The molecule has 20 rings (SSSR count). The molecule has 13 aromatic carbocycles. The van der Waals surface area contributed by atoms with Crippen LogP contribution in [0.2, 0.25) is 0 Å². The molecule has 0 spiro atoms. The topological polar surface area (TPSA) is 74.8 Å². The molecule has 4 amide bonds. The second-order valence-electron chi connectivity index (χ2n) is 32.0. The van der Waals surface area contributed by atoms with E-state index in [2.05, 4.69) is 261 Å². The van der Waals surface area contributed by atoms with Crippen LogP contribution in [0.3, 0.4) is 0 Å². The van der Waals surface area contributed by atoms with Crippen molar-refractivity contribution in [1.29, 1.82) is 0 Å². The van der Waals surface area contributed by atoms with Crippen LogP contribution in [0, 0.1) is 25.7 Å². The maximum absolute atomic E-state index is 15.2. The summed E-state index contributed by atoms with van der Waals surface area (Å²) in [7, 11) is 0. The van der Waals surface area contributed by atoms with Crippen LogP contribution >= 0.6 is 31.9 Å². The monoisotopic (exact) mass is 1480 g/mol. The first-order chi connectivity index (χ1) is 50.0. The molecule has 104 heavy (non-hydrogen) atoms. The summed E-state index contributed by atoms with van der Waals surface area (Å²) in [6, 6.07) is 53.8. The Hall–Kier alpha value is -9.86. The van der Waals surface area contributed by atoms with Gasteiger partial charge in [0.15, 0.2) is 0 Å². The van der Waals surface area contributed by atoms with Crippen molar-refractivity contribution in [2.75, 3.05) is 9.80 Å². The van der Waals surface area contributed by atoms with Gasteiger partial charge in [0, 0.05) is 54.5 Å². The van der Waals surface area contributed by atoms with Crippen LogP contribution in [0.25, 0.3) is 120 Å². The van der Waals surface area contributed by atoms with Gasteiger partial charge in [-0.2, -0.15) is 0 Å². The van der Waals surface area contributed by atoms with Crippen molar-refractivity contribution >= 4 is 165 Å². The molecule has 7 aliphatic rings. The number of nitrogens with zero attached hydrogens (tertiary/aromatic N) is 2. The smallest absolute Gasteiger partial charge is 0.266 e. The third-order valence-corrected chi connectivity index (χ3v) is 26.0. The highest BCUT2D eigenvalue weighted by molar-refractivity contribution is 9.09. The Morgan fingerprint density at radius 3 is 0.913 bits per heavy atom. The Kier molecular flexibility index (Phi) is 13.7. The minimum absolute atomic E-state index is 0.0802. The number of rotatable bonds is 11. The molecule has 0 N–H and O–H groups in total. The summed E-state index contributed by atoms with van der Waals surface area (Å²) in [5, 5.41) is 15.3. The molecule has 0 fully saturated rings. The van der Waals surface area contributed by atoms with Crippen LogP contribution < -0.4 is 9.80 Å². The summed E-state index contributed by atoms with van der Waals surface area (Å²) in [5.74, 6) is -0.491. The molecule has 5 aliphatic carbocycles. The number of benzene rings is 13. The fourth-order valence-corrected chi connectivity index (χ4v) is 20.4. The van der Waals surface area contributed by atoms with E-state index in [1.165, 1.54) is 120 Å². The summed E-state index contributed by atoms with van der Waals surface area (Å²) in [4.78, 5) is 64.0. The Labute approximate surface area is 622 Å². The number of allylic oxidation sites excluding steroid dienone is 8. The van der Waals surface area contributed by atoms with Crippen molar-refractivity contribution in [3.63, 3.8) is 0 Å². The first-order valence-corrected chi connectivity index (χ1v) is 39.1. The van der Waals surface area contributed by atoms with Gasteiger partial charge in [0.1, 0.15) is 0 Å². The van der Waals surface area contributed by atoms with Gasteiger partial charge in [-0.1, -0.05) is 209 Å². The molecule has 0 saturated carbocycles. The molecule has 2 heterocycles. The summed E-state index contributed by atoms with van der Waals surface area (Å²) in [6.07, 6.45) is 11.2. The molecule has 0 radical (unpaired) electrons. The number of carbonyl (C=O) groups excluding carboxylic acids is 4. The third-order valence-electron chi connectivity index (χ3n) is 24.9. The number of imide groups is 2. The standard InChI is InChI=1S/C96H76Br2N2O4/c1-43(2)75-35-53(49(11)97)36-76(44(3)4)91(75)99-93(101)71-27-23-63-59-15-19-67-79-39-55-31-47(9)51(33-57(55)41-81(79)69-21-17-61(83(59)87(67)69)65-25-29-73(95(99)103)89(71)85(63)65)13-14-52-34-58-42-82-70-22-18-62-66-26-30-74-90-72(94(102)100(96(74)104)92-77(45(5)6)37-54(50(12)98)38-78(92)46(7)8)28-24-64(86(66)90)60-16-20-68(88(70)84(60)62)80(82)40-56(58)32-48(52)10/h15-46,49-50,83,87H,13-14H2,1-12H3. The van der Waals surface area contributed by atoms with E-state index in [-0.39, 0.29) is 68.8 Å². The lowest BCUT2D eigenvalue weighted by atomic mass is 9.62. The fourth-order valence-electron chi connectivity index (χ4n) is 19.9. The van der Waals surface area contributed by atoms with E-state index in [4.69, 9.17) is 0 Å². The average molecular weight is 1480 g/mol. The second-order valence-corrected chi connectivity index (χ2v) is 34.8. The third kappa shape index (κ3) is 8.55. The lowest BCUT2D eigenvalue weighted by molar-refractivity contribution is 0.0877. The molecular formula is C96H76Br2N2O4. The van der Waals surface area contributed by atoms with E-state index in [9.17, 15) is 0 Å². The molecule has 2 aliphatic heterocycles. The van der Waals surface area contributed by atoms with Crippen LogP contribution in [-0.4, -0.2) is 23.6 Å². The number of alkyl halides is 2. The van der Waals surface area contributed by atoms with Crippen molar-refractivity contribution in [2.45, 2.75) is 129 Å². The van der Waals surface area contributed by atoms with Crippen molar-refractivity contribution in [3.05, 3.63) is 270 Å². The zero-order valence-electron chi connectivity index (χ0n) is 60.5. The maximum Gasteiger partial charge on any atom is 0.266 e. The SMILES string of the molecule is Cc1cc2cc3c(cc2cc1CCc1cc2cc4c(cc2cc1C)-c1ccc2c5ccc6c7c(ccc(c8ccc-4c1c28)c75)C(=O)N(c1c(C(C)C)cc(C(C)Br)cc1C(C)C)C6=O)C1=CC=C2c4ccc5c6c(ccc(c46)C4=CC=C3C1C42)C(=O)N(c1c(C(C)C)cc(C(C)Br)cc1C(C)C)C5=O. The van der Waals surface area contributed by atoms with Gasteiger partial charge in [-0.3, -0.25) is 19.2 Å². The van der Waals surface area contributed by atoms with Crippen LogP contribution in [0.1, 0.15) is 222 Å². The summed E-state index contributed by atoms with van der Waals surface area (Å²) in [5.41, 5.74) is 30.3. The Morgan fingerprint density at radius 2 is 0.577 bits per heavy atom. The minimum atomic E-state index is -0.270. The summed E-state index contributed by atoms with van der Waals surface area (Å²) < 4.78 is 0. The Balaban J connectivity index is 0.609. The van der Waals surface area contributed by atoms with Gasteiger partial charge in [0.05, 0.1) is 11.4 Å². The predicted octanol–water partition coefficient (Wildman–Crippen LogP) is 25.8. The maximum atomic E-state index is 15.2. The van der Waals surface area contributed by atoms with Gasteiger partial charge in [0.25, 0.3) is 23.6 Å². The largest absolute Gasteiger partial charge is 0.268 e. The highest BCUT2D eigenvalue weighted by atomic mass is 79.9. The second kappa shape index (κ2) is 22.3. The molecule has 8 heteroatoms. The quantitative estimate of drug-likeness (QED) is 0.0560. The number of hydrogen-bond acceptors (Lipinski definition) is 4. The Morgan fingerprint density at radius 1 is 0.308 bits per heavy atom. The van der Waals surface area contributed by atoms with Gasteiger partial charge < -0.3 is 0 Å². The van der Waals surface area contributed by atoms with E-state index >= 15 is 19.2 Å². The molecule has 4 unspecified atom stereocenters. The van der Waals surface area contributed by atoms with Crippen molar-refractivity contribution in [3.8, 4) is 22.3 Å². The molecule has 508 valence electrons. The number of carbonyl (C=O) groups is 4. The van der Waals surface area contributed by atoms with Crippen molar-refractivity contribution in [1.82, 2.24) is 0 Å². The summed E-state index contributed by atoms with van der Waals surface area (Å²) in [6.45, 7) is 25.9. The fraction of sp³-hybridized carbons (Fsp3) is 0.229. The summed E-state index contributed by atoms with van der Waals surface area (Å²) >= 11 is 7.62. The highest BCUT2D eigenvalue weighted by Gasteiger charge is 2.49. The van der Waals surface area contributed by atoms with E-state index in [0.717, 1.165) is 112 Å². The molecule has 0 saturated heterocycles. The number of anilines is 2. The minimum Gasteiger partial charge on any atom is -0.268 e. The average Bonchev–Trinajstić information content (AvgIpc) is 1.35. The number of hydrogen-bond donors (Lipinski definition) is 0. The van der Waals surface area contributed by atoms with Crippen LogP contribution in [0.5, 0.6) is 0 Å². The number of aryl methyl sites for hydroxylation is 4. The van der Waals surface area contributed by atoms with Gasteiger partial charge in [-0.15, -0.1) is 0 Å². The lowest BCUT2D eigenvalue weighted by Gasteiger charge is -2.41. The molecular weight excluding hydrogens is 1400 g/mol. The van der Waals surface area contributed by atoms with E-state index in [0.29, 0.717) is 22.3 Å². The predicted molar refractivity (Wildman–Crippen MR) is 439 cm³/mol. The first kappa shape index (κ1) is 63.8. The van der Waals surface area contributed by atoms with Gasteiger partial charge in [0.2, 0.25) is 0 Å². The zero-order valence-corrected chi connectivity index (χ0v) is 63.7. The number of fused-ring (bicyclic) bond motifs is 12. The van der Waals surface area contributed by atoms with Crippen molar-refractivity contribution in [2.24, 2.45) is 11.8 Å². The van der Waals surface area contributed by atoms with Crippen molar-refractivity contribution < 1.29 is 19.2 Å². The van der Waals surface area contributed by atoms with Crippen LogP contribution in [0.4, 0.5) is 11.4 Å². The normalized spacial score (nSPS) is 17.4. The van der Waals surface area contributed by atoms with E-state index in [1.807, 2.05) is 24.3 Å². The molecule has 13 aromatic rings. The first-order valence-electron chi connectivity index (χ1n) is 37.3. The number of halogens is 2.